The fraction of sp³-hybridized carbons (Fsp3) is 0.235. The number of amides is 1. The number of thiazole rings is 1. The summed E-state index contributed by atoms with van der Waals surface area (Å²) < 4.78 is 7.90. The molecule has 0 aliphatic heterocycles. The van der Waals surface area contributed by atoms with Crippen LogP contribution in [-0.2, 0) is 4.79 Å². The molecule has 0 fully saturated rings. The molecular weight excluding hydrogens is 416 g/mol. The van der Waals surface area contributed by atoms with E-state index in [9.17, 15) is 4.79 Å². The van der Waals surface area contributed by atoms with Gasteiger partial charge in [-0.2, -0.15) is 5.26 Å². The summed E-state index contributed by atoms with van der Waals surface area (Å²) in [6, 6.07) is 9.57. The smallest absolute Gasteiger partial charge is 0.236 e. The maximum absolute atomic E-state index is 12.3. The lowest BCUT2D eigenvalue weighted by Crippen LogP contribution is -2.14. The summed E-state index contributed by atoms with van der Waals surface area (Å²) in [5.41, 5.74) is 1.69. The number of carbonyl (C=O) groups is 1. The highest BCUT2D eigenvalue weighted by atomic mass is 32.2. The first-order chi connectivity index (χ1) is 13.6. The molecule has 1 aromatic carbocycles. The number of aromatic nitrogens is 4. The van der Waals surface area contributed by atoms with Crippen molar-refractivity contribution in [3.8, 4) is 17.5 Å². The molecule has 2 aromatic heterocycles. The van der Waals surface area contributed by atoms with Crippen LogP contribution in [0.3, 0.4) is 0 Å². The SMILES string of the molecule is COc1ccc(-n2cnnc2SCC(=O)Nc2nc(C)c(SCC#N)s2)cc1. The van der Waals surface area contributed by atoms with Crippen LogP contribution in [0, 0.1) is 18.3 Å². The Morgan fingerprint density at radius 3 is 2.86 bits per heavy atom. The van der Waals surface area contributed by atoms with E-state index in [1.54, 1.807) is 13.4 Å². The van der Waals surface area contributed by atoms with Gasteiger partial charge in [-0.1, -0.05) is 34.9 Å². The minimum Gasteiger partial charge on any atom is -0.497 e. The largest absolute Gasteiger partial charge is 0.497 e. The highest BCUT2D eigenvalue weighted by Crippen LogP contribution is 2.32. The van der Waals surface area contributed by atoms with Gasteiger partial charge in [-0.3, -0.25) is 9.36 Å². The predicted octanol–water partition coefficient (Wildman–Crippen LogP) is 3.39. The highest BCUT2D eigenvalue weighted by Gasteiger charge is 2.13. The Kier molecular flexibility index (Phi) is 6.91. The van der Waals surface area contributed by atoms with Crippen molar-refractivity contribution in [3.63, 3.8) is 0 Å². The van der Waals surface area contributed by atoms with Crippen molar-refractivity contribution in [1.82, 2.24) is 19.7 Å². The number of thioether (sulfide) groups is 2. The Morgan fingerprint density at radius 2 is 2.14 bits per heavy atom. The van der Waals surface area contributed by atoms with E-state index in [0.717, 1.165) is 21.3 Å². The molecule has 3 rings (SSSR count). The number of methoxy groups -OCH3 is 1. The molecule has 1 N–H and O–H groups in total. The van der Waals surface area contributed by atoms with E-state index in [4.69, 9.17) is 10.00 Å². The van der Waals surface area contributed by atoms with Crippen molar-refractivity contribution in [2.24, 2.45) is 0 Å². The van der Waals surface area contributed by atoms with E-state index < -0.39 is 0 Å². The molecule has 0 aliphatic rings. The zero-order valence-electron chi connectivity index (χ0n) is 15.1. The molecule has 3 aromatic rings. The summed E-state index contributed by atoms with van der Waals surface area (Å²) in [7, 11) is 1.61. The number of anilines is 1. The van der Waals surface area contributed by atoms with E-state index in [1.165, 1.54) is 34.9 Å². The number of nitrogens with one attached hydrogen (secondary N) is 1. The Morgan fingerprint density at radius 1 is 1.36 bits per heavy atom. The number of ether oxygens (including phenoxy) is 1. The second-order valence-corrected chi connectivity index (χ2v) is 8.54. The Balaban J connectivity index is 1.60. The average molecular weight is 433 g/mol. The first-order valence-electron chi connectivity index (χ1n) is 8.05. The average Bonchev–Trinajstić information content (AvgIpc) is 3.31. The standard InChI is InChI=1S/C17H16N6O2S3/c1-11-15(26-8-7-18)28-16(20-11)21-14(24)9-27-17-22-19-10-23(17)12-3-5-13(25-2)6-4-12/h3-6,10H,8-9H2,1-2H3,(H,20,21,24). The summed E-state index contributed by atoms with van der Waals surface area (Å²) in [5.74, 6) is 1.11. The number of nitrogens with zero attached hydrogens (tertiary/aromatic N) is 5. The Labute approximate surface area is 174 Å². The van der Waals surface area contributed by atoms with E-state index >= 15 is 0 Å². The van der Waals surface area contributed by atoms with Gasteiger partial charge in [0.15, 0.2) is 10.3 Å². The van der Waals surface area contributed by atoms with Gasteiger partial charge in [0.2, 0.25) is 5.91 Å². The minimum atomic E-state index is -0.181. The van der Waals surface area contributed by atoms with Crippen LogP contribution < -0.4 is 10.1 Å². The number of nitriles is 1. The van der Waals surface area contributed by atoms with Gasteiger partial charge in [0, 0.05) is 5.69 Å². The van der Waals surface area contributed by atoms with Crippen LogP contribution in [-0.4, -0.2) is 44.3 Å². The van der Waals surface area contributed by atoms with Gasteiger partial charge in [-0.05, 0) is 31.2 Å². The molecule has 8 nitrogen and oxygen atoms in total. The Bertz CT molecular complexity index is 993. The molecule has 0 radical (unpaired) electrons. The van der Waals surface area contributed by atoms with Gasteiger partial charge in [0.05, 0.1) is 34.6 Å². The fourth-order valence-corrected chi connectivity index (χ4v) is 4.74. The van der Waals surface area contributed by atoms with E-state index in [-0.39, 0.29) is 11.7 Å². The molecule has 1 amide bonds. The van der Waals surface area contributed by atoms with E-state index in [0.29, 0.717) is 16.0 Å². The van der Waals surface area contributed by atoms with E-state index in [2.05, 4.69) is 26.6 Å². The first-order valence-corrected chi connectivity index (χ1v) is 10.8. The second-order valence-electron chi connectivity index (χ2n) is 5.36. The zero-order valence-corrected chi connectivity index (χ0v) is 17.5. The molecule has 28 heavy (non-hydrogen) atoms. The fourth-order valence-electron chi connectivity index (χ4n) is 2.20. The number of rotatable bonds is 8. The topological polar surface area (TPSA) is 106 Å². The molecule has 144 valence electrons. The van der Waals surface area contributed by atoms with Crippen molar-refractivity contribution in [3.05, 3.63) is 36.3 Å². The van der Waals surface area contributed by atoms with Crippen LogP contribution in [0.25, 0.3) is 5.69 Å². The van der Waals surface area contributed by atoms with Crippen LogP contribution in [0.2, 0.25) is 0 Å². The van der Waals surface area contributed by atoms with Gasteiger partial charge in [0.1, 0.15) is 12.1 Å². The van der Waals surface area contributed by atoms with E-state index in [1.807, 2.05) is 35.8 Å². The van der Waals surface area contributed by atoms with Gasteiger partial charge in [-0.25, -0.2) is 4.98 Å². The third-order valence-electron chi connectivity index (χ3n) is 3.47. The van der Waals surface area contributed by atoms with Gasteiger partial charge in [0.25, 0.3) is 0 Å². The highest BCUT2D eigenvalue weighted by molar-refractivity contribution is 8.01. The number of hydrogen-bond donors (Lipinski definition) is 1. The molecule has 0 bridgehead atoms. The Hall–Kier alpha value is -2.55. The maximum atomic E-state index is 12.3. The summed E-state index contributed by atoms with van der Waals surface area (Å²) in [4.78, 5) is 16.6. The number of aryl methyl sites for hydroxylation is 1. The number of benzene rings is 1. The van der Waals surface area contributed by atoms with Gasteiger partial charge >= 0.3 is 0 Å². The van der Waals surface area contributed by atoms with Crippen molar-refractivity contribution >= 4 is 45.9 Å². The summed E-state index contributed by atoms with van der Waals surface area (Å²) in [6.45, 7) is 1.86. The first kappa shape index (κ1) is 20.2. The van der Waals surface area contributed by atoms with Crippen LogP contribution in [0.5, 0.6) is 5.75 Å². The normalized spacial score (nSPS) is 10.5. The summed E-state index contributed by atoms with van der Waals surface area (Å²) in [5, 5.41) is 20.6. The predicted molar refractivity (Wildman–Crippen MR) is 110 cm³/mol. The van der Waals surface area contributed by atoms with Crippen molar-refractivity contribution in [2.45, 2.75) is 16.3 Å². The van der Waals surface area contributed by atoms with Gasteiger partial charge in [-0.15, -0.1) is 10.2 Å². The maximum Gasteiger partial charge on any atom is 0.236 e. The lowest BCUT2D eigenvalue weighted by Gasteiger charge is -2.07. The molecule has 0 saturated heterocycles. The number of carbonyl (C=O) groups excluding carboxylic acids is 1. The quantitative estimate of drug-likeness (QED) is 0.540. The lowest BCUT2D eigenvalue weighted by atomic mass is 10.3. The van der Waals surface area contributed by atoms with Crippen LogP contribution >= 0.6 is 34.9 Å². The molecule has 0 saturated carbocycles. The molecule has 11 heteroatoms. The minimum absolute atomic E-state index is 0.175. The van der Waals surface area contributed by atoms with Crippen molar-refractivity contribution < 1.29 is 9.53 Å². The second kappa shape index (κ2) is 9.59. The lowest BCUT2D eigenvalue weighted by molar-refractivity contribution is -0.113. The monoisotopic (exact) mass is 432 g/mol. The third-order valence-corrected chi connectivity index (χ3v) is 6.71. The molecule has 0 unspecified atom stereocenters. The summed E-state index contributed by atoms with van der Waals surface area (Å²) >= 11 is 4.07. The summed E-state index contributed by atoms with van der Waals surface area (Å²) in [6.07, 6.45) is 1.60. The molecule has 0 spiro atoms. The molecule has 2 heterocycles. The zero-order chi connectivity index (χ0) is 19.9. The van der Waals surface area contributed by atoms with Gasteiger partial charge < -0.3 is 10.1 Å². The van der Waals surface area contributed by atoms with Crippen LogP contribution in [0.15, 0.2) is 40.0 Å². The molecule has 0 atom stereocenters. The third kappa shape index (κ3) is 5.03. The van der Waals surface area contributed by atoms with Crippen LogP contribution in [0.1, 0.15) is 5.69 Å². The van der Waals surface area contributed by atoms with Crippen molar-refractivity contribution in [1.29, 1.82) is 5.26 Å². The number of hydrogen-bond acceptors (Lipinski definition) is 9. The van der Waals surface area contributed by atoms with Crippen LogP contribution in [0.4, 0.5) is 5.13 Å². The molecule has 0 aliphatic carbocycles. The molecular formula is C17H16N6O2S3. The van der Waals surface area contributed by atoms with Crippen molar-refractivity contribution in [2.75, 3.05) is 23.9 Å².